The molecule has 1 aromatic carbocycles. The molecule has 4 nitrogen and oxygen atoms in total. The Hall–Kier alpha value is -2.01. The van der Waals surface area contributed by atoms with E-state index in [-0.39, 0.29) is 11.4 Å². The minimum atomic E-state index is -0.331. The molecule has 0 amide bonds. The number of hydrogen-bond acceptors (Lipinski definition) is 3. The molecule has 2 N–H and O–H groups in total. The Morgan fingerprint density at radius 3 is 3.05 bits per heavy atom. The minimum Gasteiger partial charge on any atom is -0.312 e. The molecule has 0 fully saturated rings. The molecule has 0 radical (unpaired) electrons. The maximum atomic E-state index is 13.3. The van der Waals surface area contributed by atoms with Crippen LogP contribution in [0.25, 0.3) is 11.4 Å². The predicted octanol–water partition coefficient (Wildman–Crippen LogP) is 1.53. The first-order valence-corrected chi connectivity index (χ1v) is 6.24. The van der Waals surface area contributed by atoms with Gasteiger partial charge in [0.05, 0.1) is 11.3 Å². The fourth-order valence-electron chi connectivity index (χ4n) is 2.33. The summed E-state index contributed by atoms with van der Waals surface area (Å²) in [6.45, 7) is 3.22. The Morgan fingerprint density at radius 2 is 2.21 bits per heavy atom. The van der Waals surface area contributed by atoms with Gasteiger partial charge in [-0.05, 0) is 24.6 Å². The van der Waals surface area contributed by atoms with Crippen LogP contribution in [0.4, 0.5) is 4.39 Å². The number of benzene rings is 1. The molecule has 3 rings (SSSR count). The Balaban J connectivity index is 2.18. The number of aromatic amines is 1. The summed E-state index contributed by atoms with van der Waals surface area (Å²) < 4.78 is 13.3. The predicted molar refractivity (Wildman–Crippen MR) is 70.4 cm³/mol. The second-order valence-corrected chi connectivity index (χ2v) is 4.73. The van der Waals surface area contributed by atoms with Gasteiger partial charge in [0.2, 0.25) is 0 Å². The van der Waals surface area contributed by atoms with E-state index in [4.69, 9.17) is 0 Å². The zero-order chi connectivity index (χ0) is 13.4. The topological polar surface area (TPSA) is 57.8 Å². The van der Waals surface area contributed by atoms with Gasteiger partial charge in [0, 0.05) is 25.1 Å². The van der Waals surface area contributed by atoms with Crippen LogP contribution >= 0.6 is 0 Å². The van der Waals surface area contributed by atoms with Crippen LogP contribution < -0.4 is 10.9 Å². The third kappa shape index (κ3) is 2.17. The highest BCUT2D eigenvalue weighted by atomic mass is 19.1. The Labute approximate surface area is 109 Å². The number of nitrogens with one attached hydrogen (secondary N) is 2. The van der Waals surface area contributed by atoms with E-state index < -0.39 is 0 Å². The van der Waals surface area contributed by atoms with E-state index in [0.717, 1.165) is 24.2 Å². The molecule has 1 aromatic heterocycles. The van der Waals surface area contributed by atoms with Crippen LogP contribution in [0.5, 0.6) is 0 Å². The van der Waals surface area contributed by atoms with Gasteiger partial charge in [-0.3, -0.25) is 4.79 Å². The van der Waals surface area contributed by atoms with E-state index in [0.29, 0.717) is 23.5 Å². The number of fused-ring (bicyclic) bond motifs is 1. The van der Waals surface area contributed by atoms with E-state index in [9.17, 15) is 9.18 Å². The average molecular weight is 259 g/mol. The lowest BCUT2D eigenvalue weighted by atomic mass is 10.1. The summed E-state index contributed by atoms with van der Waals surface area (Å²) in [6, 6.07) is 4.49. The normalized spacial score (nSPS) is 14.2. The molecule has 1 aliphatic heterocycles. The highest BCUT2D eigenvalue weighted by molar-refractivity contribution is 5.60. The number of aromatic nitrogens is 2. The molecule has 0 saturated heterocycles. The fourth-order valence-corrected chi connectivity index (χ4v) is 2.33. The molecule has 0 bridgehead atoms. The Kier molecular flexibility index (Phi) is 2.91. The molecular weight excluding hydrogens is 245 g/mol. The minimum absolute atomic E-state index is 0.143. The van der Waals surface area contributed by atoms with E-state index >= 15 is 0 Å². The zero-order valence-corrected chi connectivity index (χ0v) is 10.6. The van der Waals surface area contributed by atoms with Crippen molar-refractivity contribution in [2.24, 2.45) is 0 Å². The highest BCUT2D eigenvalue weighted by Gasteiger charge is 2.16. The summed E-state index contributed by atoms with van der Waals surface area (Å²) in [4.78, 5) is 19.3. The van der Waals surface area contributed by atoms with Crippen LogP contribution in [0, 0.1) is 12.7 Å². The molecule has 0 spiro atoms. The number of hydrogen-bond donors (Lipinski definition) is 2. The first-order chi connectivity index (χ1) is 9.15. The van der Waals surface area contributed by atoms with Crippen molar-refractivity contribution in [3.05, 3.63) is 51.2 Å². The van der Waals surface area contributed by atoms with Gasteiger partial charge in [0.25, 0.3) is 5.56 Å². The van der Waals surface area contributed by atoms with E-state index in [1.54, 1.807) is 6.07 Å². The zero-order valence-electron chi connectivity index (χ0n) is 10.6. The quantitative estimate of drug-likeness (QED) is 0.816. The van der Waals surface area contributed by atoms with Gasteiger partial charge in [-0.15, -0.1) is 0 Å². The molecule has 0 saturated carbocycles. The van der Waals surface area contributed by atoms with Gasteiger partial charge in [-0.25, -0.2) is 9.37 Å². The van der Waals surface area contributed by atoms with Crippen molar-refractivity contribution in [3.8, 4) is 11.4 Å². The van der Waals surface area contributed by atoms with Gasteiger partial charge in [0.1, 0.15) is 11.6 Å². The molecule has 0 unspecified atom stereocenters. The maximum absolute atomic E-state index is 13.3. The highest BCUT2D eigenvalue weighted by Crippen LogP contribution is 2.21. The van der Waals surface area contributed by atoms with Crippen molar-refractivity contribution in [2.75, 3.05) is 6.54 Å². The maximum Gasteiger partial charge on any atom is 0.255 e. The average Bonchev–Trinajstić information content (AvgIpc) is 2.41. The monoisotopic (exact) mass is 259 g/mol. The summed E-state index contributed by atoms with van der Waals surface area (Å²) in [5.41, 5.74) is 2.87. The van der Waals surface area contributed by atoms with Crippen LogP contribution in [0.2, 0.25) is 0 Å². The summed E-state index contributed by atoms with van der Waals surface area (Å²) in [5, 5.41) is 3.14. The van der Waals surface area contributed by atoms with Crippen molar-refractivity contribution < 1.29 is 4.39 Å². The summed E-state index contributed by atoms with van der Waals surface area (Å²) in [6.07, 6.45) is 0.723. The number of rotatable bonds is 1. The van der Waals surface area contributed by atoms with Gasteiger partial charge in [-0.2, -0.15) is 0 Å². The van der Waals surface area contributed by atoms with Gasteiger partial charge >= 0.3 is 0 Å². The smallest absolute Gasteiger partial charge is 0.255 e. The second-order valence-electron chi connectivity index (χ2n) is 4.73. The molecule has 2 aromatic rings. The first kappa shape index (κ1) is 12.0. The van der Waals surface area contributed by atoms with E-state index in [1.807, 2.05) is 6.92 Å². The molecule has 1 aliphatic rings. The van der Waals surface area contributed by atoms with Gasteiger partial charge in [0.15, 0.2) is 0 Å². The number of nitrogens with zero attached hydrogens (tertiary/aromatic N) is 1. The first-order valence-electron chi connectivity index (χ1n) is 6.24. The van der Waals surface area contributed by atoms with Gasteiger partial charge < -0.3 is 10.3 Å². The van der Waals surface area contributed by atoms with Crippen molar-refractivity contribution in [2.45, 2.75) is 19.9 Å². The molecule has 0 aliphatic carbocycles. The van der Waals surface area contributed by atoms with Crippen molar-refractivity contribution >= 4 is 0 Å². The molecule has 0 atom stereocenters. The number of aryl methyl sites for hydroxylation is 1. The van der Waals surface area contributed by atoms with Crippen LogP contribution in [0.1, 0.15) is 16.8 Å². The molecule has 2 heterocycles. The summed E-state index contributed by atoms with van der Waals surface area (Å²) in [5.74, 6) is 0.116. The molecule has 98 valence electrons. The summed E-state index contributed by atoms with van der Waals surface area (Å²) in [7, 11) is 0. The lowest BCUT2D eigenvalue weighted by Crippen LogP contribution is -2.31. The number of halogens is 1. The second kappa shape index (κ2) is 4.59. The standard InChI is InChI=1S/C14H14FN3O/c1-8-2-3-9(15)6-10(8)13-17-12-4-5-16-7-11(12)14(19)18-13/h2-3,6,16H,4-5,7H2,1H3,(H,17,18,19). The molecular formula is C14H14FN3O. The Bertz CT molecular complexity index is 694. The van der Waals surface area contributed by atoms with Crippen LogP contribution in [0.15, 0.2) is 23.0 Å². The van der Waals surface area contributed by atoms with Crippen LogP contribution in [-0.4, -0.2) is 16.5 Å². The Morgan fingerprint density at radius 1 is 1.37 bits per heavy atom. The molecule has 19 heavy (non-hydrogen) atoms. The third-order valence-electron chi connectivity index (χ3n) is 3.40. The van der Waals surface area contributed by atoms with Crippen molar-refractivity contribution in [1.82, 2.24) is 15.3 Å². The van der Waals surface area contributed by atoms with E-state index in [2.05, 4.69) is 15.3 Å². The van der Waals surface area contributed by atoms with Crippen LogP contribution in [0.3, 0.4) is 0 Å². The largest absolute Gasteiger partial charge is 0.312 e. The van der Waals surface area contributed by atoms with E-state index in [1.165, 1.54) is 12.1 Å². The fraction of sp³-hybridized carbons (Fsp3) is 0.286. The van der Waals surface area contributed by atoms with Crippen molar-refractivity contribution in [1.29, 1.82) is 0 Å². The van der Waals surface area contributed by atoms with Gasteiger partial charge in [-0.1, -0.05) is 6.07 Å². The lowest BCUT2D eigenvalue weighted by molar-refractivity contribution is 0.620. The summed E-state index contributed by atoms with van der Waals surface area (Å²) >= 11 is 0. The lowest BCUT2D eigenvalue weighted by Gasteiger charge is -2.16. The molecule has 5 heteroatoms. The van der Waals surface area contributed by atoms with Crippen LogP contribution in [-0.2, 0) is 13.0 Å². The SMILES string of the molecule is Cc1ccc(F)cc1-c1nc2c(c(=O)[nH]1)CNCC2. The number of H-pyrrole nitrogens is 1. The third-order valence-corrected chi connectivity index (χ3v) is 3.40. The van der Waals surface area contributed by atoms with Crippen molar-refractivity contribution in [3.63, 3.8) is 0 Å².